The fraction of sp³-hybridized carbons (Fsp3) is 0.111. The second kappa shape index (κ2) is 6.14. The molecule has 3 heterocycles. The Kier molecular flexibility index (Phi) is 3.51. The Bertz CT molecular complexity index is 1730. The highest BCUT2D eigenvalue weighted by molar-refractivity contribution is 6.25. The first kappa shape index (κ1) is 17.2. The minimum Gasteiger partial charge on any atom is -0.456 e. The van der Waals surface area contributed by atoms with Crippen LogP contribution >= 0.6 is 0 Å². The second-order valence-corrected chi connectivity index (χ2v) is 7.46. The Morgan fingerprint density at radius 2 is 1.23 bits per heavy atom. The van der Waals surface area contributed by atoms with Gasteiger partial charge < -0.3 is 13.4 Å². The third-order valence-corrected chi connectivity index (χ3v) is 6.00. The van der Waals surface area contributed by atoms with Gasteiger partial charge in [0.1, 0.15) is 22.3 Å². The SMILES string of the molecule is CC.Cn1c2cc3oc4ccccc4c3cc2c2ccc3oc4ccccc4c3c21. The Labute approximate surface area is 173 Å². The topological polar surface area (TPSA) is 31.2 Å². The smallest absolute Gasteiger partial charge is 0.137 e. The monoisotopic (exact) mass is 391 g/mol. The van der Waals surface area contributed by atoms with E-state index in [1.54, 1.807) is 0 Å². The highest BCUT2D eigenvalue weighted by atomic mass is 16.3. The van der Waals surface area contributed by atoms with Crippen LogP contribution in [0.5, 0.6) is 0 Å². The van der Waals surface area contributed by atoms with Crippen LogP contribution in [0.2, 0.25) is 0 Å². The number of nitrogens with zero attached hydrogens (tertiary/aromatic N) is 1. The van der Waals surface area contributed by atoms with E-state index >= 15 is 0 Å². The maximum Gasteiger partial charge on any atom is 0.137 e. The molecule has 3 nitrogen and oxygen atoms in total. The van der Waals surface area contributed by atoms with E-state index in [0.29, 0.717) is 0 Å². The Balaban J connectivity index is 0.000000852. The van der Waals surface area contributed by atoms with Crippen molar-refractivity contribution < 1.29 is 8.83 Å². The van der Waals surface area contributed by atoms with Gasteiger partial charge in [-0.15, -0.1) is 0 Å². The molecular formula is C27H21NO2. The number of benzene rings is 4. The molecule has 3 aromatic heterocycles. The highest BCUT2D eigenvalue weighted by Crippen LogP contribution is 2.41. The van der Waals surface area contributed by atoms with Gasteiger partial charge in [-0.2, -0.15) is 0 Å². The summed E-state index contributed by atoms with van der Waals surface area (Å²) in [5.74, 6) is 0. The van der Waals surface area contributed by atoms with Crippen molar-refractivity contribution in [1.82, 2.24) is 4.57 Å². The van der Waals surface area contributed by atoms with Crippen LogP contribution in [0, 0.1) is 0 Å². The van der Waals surface area contributed by atoms with Crippen molar-refractivity contribution in [1.29, 1.82) is 0 Å². The first-order valence-corrected chi connectivity index (χ1v) is 10.4. The largest absolute Gasteiger partial charge is 0.456 e. The highest BCUT2D eigenvalue weighted by Gasteiger charge is 2.18. The van der Waals surface area contributed by atoms with E-state index in [9.17, 15) is 0 Å². The van der Waals surface area contributed by atoms with Gasteiger partial charge >= 0.3 is 0 Å². The van der Waals surface area contributed by atoms with Gasteiger partial charge in [-0.05, 0) is 30.3 Å². The molecule has 0 saturated heterocycles. The number of furan rings is 2. The molecule has 0 unspecified atom stereocenters. The van der Waals surface area contributed by atoms with Gasteiger partial charge in [0.25, 0.3) is 0 Å². The molecule has 0 aliphatic carbocycles. The summed E-state index contributed by atoms with van der Waals surface area (Å²) >= 11 is 0. The maximum absolute atomic E-state index is 6.12. The zero-order valence-electron chi connectivity index (χ0n) is 17.2. The predicted octanol–water partition coefficient (Wildman–Crippen LogP) is 8.16. The van der Waals surface area contributed by atoms with E-state index in [4.69, 9.17) is 8.83 Å². The number of para-hydroxylation sites is 2. The minimum atomic E-state index is 0.924. The number of aryl methyl sites for hydroxylation is 1. The molecule has 7 aromatic rings. The fourth-order valence-electron chi connectivity index (χ4n) is 4.74. The molecule has 30 heavy (non-hydrogen) atoms. The molecule has 0 saturated carbocycles. The molecule has 4 aromatic carbocycles. The van der Waals surface area contributed by atoms with Crippen molar-refractivity contribution in [2.75, 3.05) is 0 Å². The zero-order chi connectivity index (χ0) is 20.4. The lowest BCUT2D eigenvalue weighted by molar-refractivity contribution is 0.669. The molecule has 0 amide bonds. The van der Waals surface area contributed by atoms with Crippen molar-refractivity contribution in [3.05, 3.63) is 72.8 Å². The fourth-order valence-corrected chi connectivity index (χ4v) is 4.74. The van der Waals surface area contributed by atoms with Crippen molar-refractivity contribution in [3.8, 4) is 0 Å². The molecule has 146 valence electrons. The number of rotatable bonds is 0. The van der Waals surface area contributed by atoms with Gasteiger partial charge in [0.2, 0.25) is 0 Å². The molecule has 0 aliphatic rings. The quantitative estimate of drug-likeness (QED) is 0.261. The molecule has 0 bridgehead atoms. The van der Waals surface area contributed by atoms with Crippen LogP contribution in [0.3, 0.4) is 0 Å². The van der Waals surface area contributed by atoms with Crippen LogP contribution in [0.15, 0.2) is 81.6 Å². The summed E-state index contributed by atoms with van der Waals surface area (Å²) < 4.78 is 14.5. The van der Waals surface area contributed by atoms with E-state index in [2.05, 4.69) is 60.1 Å². The Hall–Kier alpha value is -3.72. The van der Waals surface area contributed by atoms with Crippen molar-refractivity contribution in [2.24, 2.45) is 7.05 Å². The molecule has 0 radical (unpaired) electrons. The van der Waals surface area contributed by atoms with Crippen LogP contribution < -0.4 is 0 Å². The molecule has 0 atom stereocenters. The van der Waals surface area contributed by atoms with Crippen LogP contribution in [0.1, 0.15) is 13.8 Å². The summed E-state index contributed by atoms with van der Waals surface area (Å²) in [4.78, 5) is 0. The first-order valence-electron chi connectivity index (χ1n) is 10.4. The van der Waals surface area contributed by atoms with Gasteiger partial charge in [-0.1, -0.05) is 50.2 Å². The predicted molar refractivity (Wildman–Crippen MR) is 126 cm³/mol. The van der Waals surface area contributed by atoms with E-state index in [1.165, 1.54) is 27.2 Å². The Morgan fingerprint density at radius 1 is 0.567 bits per heavy atom. The van der Waals surface area contributed by atoms with Gasteiger partial charge in [0.05, 0.1) is 16.4 Å². The molecule has 0 spiro atoms. The van der Waals surface area contributed by atoms with E-state index in [0.717, 1.165) is 38.5 Å². The summed E-state index contributed by atoms with van der Waals surface area (Å²) in [5.41, 5.74) is 6.07. The van der Waals surface area contributed by atoms with Crippen LogP contribution in [-0.4, -0.2) is 4.57 Å². The van der Waals surface area contributed by atoms with E-state index < -0.39 is 0 Å². The summed E-state index contributed by atoms with van der Waals surface area (Å²) in [6, 6.07) is 25.2. The lowest BCUT2D eigenvalue weighted by Gasteiger charge is -1.99. The van der Waals surface area contributed by atoms with Crippen molar-refractivity contribution >= 4 is 65.7 Å². The van der Waals surface area contributed by atoms with Crippen LogP contribution in [-0.2, 0) is 7.05 Å². The van der Waals surface area contributed by atoms with Crippen molar-refractivity contribution in [3.63, 3.8) is 0 Å². The van der Waals surface area contributed by atoms with Crippen LogP contribution in [0.4, 0.5) is 0 Å². The molecular weight excluding hydrogens is 370 g/mol. The summed E-state index contributed by atoms with van der Waals surface area (Å²) in [6.07, 6.45) is 0. The standard InChI is InChI=1S/C25H15NO2.C2H6/c1-26-19-13-23-18(14-6-2-4-8-20(14)28-23)12-17(19)15-10-11-22-24(25(15)26)16-7-3-5-9-21(16)27-22;1-2/h2-13H,1H3;1-2H3. The number of hydrogen-bond acceptors (Lipinski definition) is 2. The zero-order valence-corrected chi connectivity index (χ0v) is 17.2. The molecule has 0 aliphatic heterocycles. The minimum absolute atomic E-state index is 0.924. The number of fused-ring (bicyclic) bond motifs is 10. The van der Waals surface area contributed by atoms with Gasteiger partial charge in [-0.3, -0.25) is 0 Å². The van der Waals surface area contributed by atoms with Gasteiger partial charge in [-0.25, -0.2) is 0 Å². The number of aromatic nitrogens is 1. The maximum atomic E-state index is 6.12. The molecule has 0 fully saturated rings. The number of hydrogen-bond donors (Lipinski definition) is 0. The lowest BCUT2D eigenvalue weighted by Crippen LogP contribution is -1.87. The lowest BCUT2D eigenvalue weighted by atomic mass is 10.1. The molecule has 7 rings (SSSR count). The third kappa shape index (κ3) is 2.09. The first-order chi connectivity index (χ1) is 14.8. The van der Waals surface area contributed by atoms with Crippen LogP contribution in [0.25, 0.3) is 65.7 Å². The normalized spacial score (nSPS) is 11.8. The molecule has 0 N–H and O–H groups in total. The van der Waals surface area contributed by atoms with Gasteiger partial charge in [0, 0.05) is 40.0 Å². The summed E-state index contributed by atoms with van der Waals surface area (Å²) in [6.45, 7) is 4.00. The third-order valence-electron chi connectivity index (χ3n) is 6.00. The summed E-state index contributed by atoms with van der Waals surface area (Å²) in [5, 5.41) is 7.13. The Morgan fingerprint density at radius 3 is 2.03 bits per heavy atom. The van der Waals surface area contributed by atoms with Gasteiger partial charge in [0.15, 0.2) is 0 Å². The van der Waals surface area contributed by atoms with E-state index in [1.807, 2.05) is 38.1 Å². The molecule has 3 heteroatoms. The van der Waals surface area contributed by atoms with E-state index in [-0.39, 0.29) is 0 Å². The average molecular weight is 391 g/mol. The summed E-state index contributed by atoms with van der Waals surface area (Å²) in [7, 11) is 2.13. The second-order valence-electron chi connectivity index (χ2n) is 7.46. The average Bonchev–Trinajstić information content (AvgIpc) is 3.43. The van der Waals surface area contributed by atoms with Crippen molar-refractivity contribution in [2.45, 2.75) is 13.8 Å².